The van der Waals surface area contributed by atoms with Crippen molar-refractivity contribution in [1.29, 1.82) is 0 Å². The lowest BCUT2D eigenvalue weighted by atomic mass is 10.0. The van der Waals surface area contributed by atoms with E-state index in [4.69, 9.17) is 14.2 Å². The molecule has 9 heteroatoms. The van der Waals surface area contributed by atoms with Gasteiger partial charge in [0.15, 0.2) is 11.5 Å². The number of urea groups is 1. The van der Waals surface area contributed by atoms with Crippen LogP contribution in [-0.4, -0.2) is 25.0 Å². The van der Waals surface area contributed by atoms with E-state index in [9.17, 15) is 14.4 Å². The van der Waals surface area contributed by atoms with Crippen LogP contribution in [0.5, 0.6) is 17.2 Å². The van der Waals surface area contributed by atoms with Gasteiger partial charge in [0.2, 0.25) is 0 Å². The number of rotatable bonds is 9. The Labute approximate surface area is 258 Å². The number of aryl methyl sites for hydroxylation is 2. The van der Waals surface area contributed by atoms with E-state index < -0.39 is 17.8 Å². The summed E-state index contributed by atoms with van der Waals surface area (Å²) in [5.41, 5.74) is 4.46. The zero-order valence-electron chi connectivity index (χ0n) is 23.8. The molecule has 43 heavy (non-hydrogen) atoms. The van der Waals surface area contributed by atoms with E-state index in [1.54, 1.807) is 37.4 Å². The SMILES string of the molecule is COc1cc(COc2ccc(Br)cc2/C=C2/C(=O)NC(=O)N(c3ccc(C)c(C)c3)C2=O)ccc1OCc1ccccc1. The van der Waals surface area contributed by atoms with E-state index in [0.717, 1.165) is 31.6 Å². The van der Waals surface area contributed by atoms with Gasteiger partial charge >= 0.3 is 6.03 Å². The van der Waals surface area contributed by atoms with Crippen LogP contribution in [0.25, 0.3) is 6.08 Å². The van der Waals surface area contributed by atoms with Crippen molar-refractivity contribution >= 4 is 45.5 Å². The highest BCUT2D eigenvalue weighted by atomic mass is 79.9. The van der Waals surface area contributed by atoms with Crippen LogP contribution in [0.1, 0.15) is 27.8 Å². The molecule has 0 radical (unpaired) electrons. The highest BCUT2D eigenvalue weighted by molar-refractivity contribution is 9.10. The van der Waals surface area contributed by atoms with E-state index in [0.29, 0.717) is 35.1 Å². The minimum atomic E-state index is -0.800. The number of halogens is 1. The summed E-state index contributed by atoms with van der Waals surface area (Å²) in [5, 5.41) is 2.27. The summed E-state index contributed by atoms with van der Waals surface area (Å²) >= 11 is 3.45. The first-order valence-corrected chi connectivity index (χ1v) is 14.3. The molecule has 1 N–H and O–H groups in total. The molecule has 0 spiro atoms. The smallest absolute Gasteiger partial charge is 0.335 e. The first kappa shape index (κ1) is 29.6. The van der Waals surface area contributed by atoms with Crippen molar-refractivity contribution in [2.45, 2.75) is 27.1 Å². The van der Waals surface area contributed by atoms with Crippen molar-refractivity contribution in [3.63, 3.8) is 0 Å². The molecule has 0 unspecified atom stereocenters. The number of carbonyl (C=O) groups is 3. The van der Waals surface area contributed by atoms with Crippen LogP contribution < -0.4 is 24.4 Å². The molecule has 0 bridgehead atoms. The Morgan fingerprint density at radius 1 is 0.767 bits per heavy atom. The number of hydrogen-bond donors (Lipinski definition) is 1. The quantitative estimate of drug-likeness (QED) is 0.158. The average molecular weight is 642 g/mol. The third kappa shape index (κ3) is 6.79. The van der Waals surface area contributed by atoms with Crippen LogP contribution in [0.4, 0.5) is 10.5 Å². The van der Waals surface area contributed by atoms with Gasteiger partial charge in [-0.2, -0.15) is 0 Å². The summed E-state index contributed by atoms with van der Waals surface area (Å²) < 4.78 is 18.4. The zero-order chi connectivity index (χ0) is 30.5. The highest BCUT2D eigenvalue weighted by Gasteiger charge is 2.37. The fourth-order valence-corrected chi connectivity index (χ4v) is 4.87. The Balaban J connectivity index is 1.37. The first-order valence-electron chi connectivity index (χ1n) is 13.5. The van der Waals surface area contributed by atoms with Crippen LogP contribution in [0.3, 0.4) is 0 Å². The van der Waals surface area contributed by atoms with Gasteiger partial charge in [-0.15, -0.1) is 0 Å². The Hall–Kier alpha value is -4.89. The van der Waals surface area contributed by atoms with Crippen LogP contribution in [0, 0.1) is 13.8 Å². The average Bonchev–Trinajstić information content (AvgIpc) is 3.00. The standard InChI is InChI=1S/C34H29BrN2O6/c1-21-9-12-27(15-22(21)2)37-33(39)28(32(38)36-34(37)40)18-25-17-26(35)11-14-29(25)42-20-24-10-13-30(31(16-24)41-3)43-19-23-7-5-4-6-8-23/h4-18H,19-20H2,1-3H3,(H,36,38,40)/b28-18-. The molecule has 8 nitrogen and oxygen atoms in total. The number of ether oxygens (including phenoxy) is 3. The second kappa shape index (κ2) is 13.0. The van der Waals surface area contributed by atoms with Crippen molar-refractivity contribution in [3.05, 3.63) is 123 Å². The molecule has 1 aliphatic rings. The number of nitrogens with one attached hydrogen (secondary N) is 1. The molecule has 4 amide bonds. The van der Waals surface area contributed by atoms with Crippen molar-refractivity contribution in [1.82, 2.24) is 5.32 Å². The largest absolute Gasteiger partial charge is 0.493 e. The van der Waals surface area contributed by atoms with Gasteiger partial charge in [-0.05, 0) is 84.6 Å². The molecular formula is C34H29BrN2O6. The minimum absolute atomic E-state index is 0.181. The lowest BCUT2D eigenvalue weighted by Crippen LogP contribution is -2.54. The van der Waals surface area contributed by atoms with Gasteiger partial charge < -0.3 is 14.2 Å². The summed E-state index contributed by atoms with van der Waals surface area (Å²) in [5.74, 6) is 0.106. The van der Waals surface area contributed by atoms with Crippen molar-refractivity contribution in [3.8, 4) is 17.2 Å². The summed E-state index contributed by atoms with van der Waals surface area (Å²) in [6, 6.07) is 25.1. The molecule has 1 fully saturated rings. The number of hydrogen-bond acceptors (Lipinski definition) is 6. The molecular weight excluding hydrogens is 612 g/mol. The fraction of sp³-hybridized carbons (Fsp3) is 0.147. The van der Waals surface area contributed by atoms with Gasteiger partial charge in [0.1, 0.15) is 24.5 Å². The van der Waals surface area contributed by atoms with Gasteiger partial charge in [0, 0.05) is 10.0 Å². The number of methoxy groups -OCH3 is 1. The maximum atomic E-state index is 13.5. The molecule has 1 saturated heterocycles. The van der Waals surface area contributed by atoms with Crippen LogP contribution in [0.2, 0.25) is 0 Å². The maximum Gasteiger partial charge on any atom is 0.335 e. The van der Waals surface area contributed by atoms with Crippen molar-refractivity contribution in [2.24, 2.45) is 0 Å². The van der Waals surface area contributed by atoms with Gasteiger partial charge in [-0.3, -0.25) is 14.9 Å². The third-order valence-electron chi connectivity index (χ3n) is 6.98. The normalized spacial score (nSPS) is 14.1. The molecule has 0 aromatic heterocycles. The van der Waals surface area contributed by atoms with Gasteiger partial charge in [-0.1, -0.05) is 58.4 Å². The van der Waals surface area contributed by atoms with Gasteiger partial charge in [0.25, 0.3) is 11.8 Å². The minimum Gasteiger partial charge on any atom is -0.493 e. The second-order valence-electron chi connectivity index (χ2n) is 9.96. The molecule has 1 aliphatic heterocycles. The van der Waals surface area contributed by atoms with Gasteiger partial charge in [-0.25, -0.2) is 9.69 Å². The number of benzene rings is 4. The predicted molar refractivity (Wildman–Crippen MR) is 167 cm³/mol. The van der Waals surface area contributed by atoms with E-state index in [1.165, 1.54) is 6.08 Å². The van der Waals surface area contributed by atoms with E-state index in [2.05, 4.69) is 21.2 Å². The molecule has 0 atom stereocenters. The molecule has 218 valence electrons. The Morgan fingerprint density at radius 2 is 1.49 bits per heavy atom. The number of imide groups is 2. The number of carbonyl (C=O) groups excluding carboxylic acids is 3. The van der Waals surface area contributed by atoms with E-state index in [1.807, 2.05) is 68.4 Å². The Bertz CT molecular complexity index is 1730. The van der Waals surface area contributed by atoms with Gasteiger partial charge in [0.05, 0.1) is 12.8 Å². The summed E-state index contributed by atoms with van der Waals surface area (Å²) in [6.07, 6.45) is 1.43. The zero-order valence-corrected chi connectivity index (χ0v) is 25.4. The van der Waals surface area contributed by atoms with Crippen molar-refractivity contribution < 1.29 is 28.6 Å². The maximum absolute atomic E-state index is 13.5. The van der Waals surface area contributed by atoms with Crippen LogP contribution in [0.15, 0.2) is 95.0 Å². The third-order valence-corrected chi connectivity index (χ3v) is 7.47. The predicted octanol–water partition coefficient (Wildman–Crippen LogP) is 6.90. The lowest BCUT2D eigenvalue weighted by molar-refractivity contribution is -0.122. The molecule has 4 aromatic rings. The highest BCUT2D eigenvalue weighted by Crippen LogP contribution is 2.32. The number of nitrogens with zero attached hydrogens (tertiary/aromatic N) is 1. The summed E-state index contributed by atoms with van der Waals surface area (Å²) in [4.78, 5) is 39.9. The van der Waals surface area contributed by atoms with Crippen molar-refractivity contribution in [2.75, 3.05) is 12.0 Å². The second-order valence-corrected chi connectivity index (χ2v) is 10.9. The number of amides is 4. The topological polar surface area (TPSA) is 94.2 Å². The molecule has 0 aliphatic carbocycles. The first-order chi connectivity index (χ1) is 20.7. The Kier molecular flexibility index (Phi) is 8.92. The van der Waals surface area contributed by atoms with Crippen LogP contribution in [-0.2, 0) is 22.8 Å². The monoisotopic (exact) mass is 640 g/mol. The number of anilines is 1. The molecule has 0 saturated carbocycles. The van der Waals surface area contributed by atoms with Crippen LogP contribution >= 0.6 is 15.9 Å². The Morgan fingerprint density at radius 3 is 2.23 bits per heavy atom. The number of barbiturate groups is 1. The summed E-state index contributed by atoms with van der Waals surface area (Å²) in [6.45, 7) is 4.41. The molecule has 1 heterocycles. The summed E-state index contributed by atoms with van der Waals surface area (Å²) in [7, 11) is 1.58. The molecule has 4 aromatic carbocycles. The molecule has 5 rings (SSSR count). The fourth-order valence-electron chi connectivity index (χ4n) is 4.49. The lowest BCUT2D eigenvalue weighted by Gasteiger charge is -2.27. The van der Waals surface area contributed by atoms with E-state index >= 15 is 0 Å². The van der Waals surface area contributed by atoms with E-state index in [-0.39, 0.29) is 12.2 Å².